The summed E-state index contributed by atoms with van der Waals surface area (Å²) in [7, 11) is -3.47. The molecule has 0 radical (unpaired) electrons. The van der Waals surface area contributed by atoms with Gasteiger partial charge in [0, 0.05) is 5.92 Å². The number of carbonyl (C=O) groups is 1. The monoisotopic (exact) mass is 289 g/mol. The fourth-order valence-electron chi connectivity index (χ4n) is 2.55. The molecule has 0 aliphatic heterocycles. The Kier molecular flexibility index (Phi) is 3.01. The third kappa shape index (κ3) is 2.67. The van der Waals surface area contributed by atoms with Crippen molar-refractivity contribution >= 4 is 26.7 Å². The summed E-state index contributed by atoms with van der Waals surface area (Å²) in [5.41, 5.74) is 1.09. The highest BCUT2D eigenvalue weighted by atomic mass is 32.2. The van der Waals surface area contributed by atoms with E-state index in [2.05, 4.69) is 10.8 Å². The third-order valence-electron chi connectivity index (χ3n) is 3.61. The van der Waals surface area contributed by atoms with Crippen LogP contribution >= 0.6 is 0 Å². The summed E-state index contributed by atoms with van der Waals surface area (Å²) >= 11 is 0. The van der Waals surface area contributed by atoms with Crippen LogP contribution in [-0.2, 0) is 14.8 Å². The van der Waals surface area contributed by atoms with E-state index in [9.17, 15) is 13.2 Å². The van der Waals surface area contributed by atoms with Crippen molar-refractivity contribution in [1.29, 1.82) is 0 Å². The number of carbonyl (C=O) groups excluding carboxylic acids is 1. The first-order chi connectivity index (χ1) is 9.44. The van der Waals surface area contributed by atoms with E-state index < -0.39 is 15.9 Å². The van der Waals surface area contributed by atoms with Crippen LogP contribution < -0.4 is 4.72 Å². The highest BCUT2D eigenvalue weighted by Crippen LogP contribution is 2.48. The number of hydrogen-bond acceptors (Lipinski definition) is 3. The van der Waals surface area contributed by atoms with Crippen molar-refractivity contribution in [3.8, 4) is 0 Å². The molecule has 1 fully saturated rings. The summed E-state index contributed by atoms with van der Waals surface area (Å²) in [5, 5.41) is 2.30. The van der Waals surface area contributed by atoms with E-state index in [4.69, 9.17) is 0 Å². The zero-order chi connectivity index (χ0) is 14.3. The van der Waals surface area contributed by atoms with Gasteiger partial charge < -0.3 is 0 Å². The minimum absolute atomic E-state index is 0.126. The quantitative estimate of drug-likeness (QED) is 0.940. The Bertz CT molecular complexity index is 783. The lowest BCUT2D eigenvalue weighted by Crippen LogP contribution is -2.30. The van der Waals surface area contributed by atoms with Crippen molar-refractivity contribution in [3.63, 3.8) is 0 Å². The minimum atomic E-state index is -3.47. The molecule has 104 valence electrons. The molecule has 3 rings (SSSR count). The van der Waals surface area contributed by atoms with Gasteiger partial charge in [0.25, 0.3) is 0 Å². The smallest absolute Gasteiger partial charge is 0.237 e. The van der Waals surface area contributed by atoms with Crippen LogP contribution in [-0.4, -0.2) is 20.6 Å². The van der Waals surface area contributed by atoms with Crippen LogP contribution in [0.3, 0.4) is 0 Å². The van der Waals surface area contributed by atoms with Crippen LogP contribution in [0.15, 0.2) is 42.5 Å². The summed E-state index contributed by atoms with van der Waals surface area (Å²) in [6.45, 7) is 0. The number of sulfonamides is 1. The predicted octanol–water partition coefficient (Wildman–Crippen LogP) is 2.02. The van der Waals surface area contributed by atoms with E-state index >= 15 is 0 Å². The van der Waals surface area contributed by atoms with Gasteiger partial charge in [-0.05, 0) is 28.7 Å². The first-order valence-corrected chi connectivity index (χ1v) is 8.33. The van der Waals surface area contributed by atoms with E-state index in [-0.39, 0.29) is 11.8 Å². The molecule has 1 amide bonds. The lowest BCUT2D eigenvalue weighted by Gasteiger charge is -2.04. The van der Waals surface area contributed by atoms with E-state index in [1.807, 2.05) is 36.4 Å². The number of rotatable bonds is 3. The molecule has 4 nitrogen and oxygen atoms in total. The van der Waals surface area contributed by atoms with Crippen LogP contribution in [0.1, 0.15) is 17.9 Å². The lowest BCUT2D eigenvalue weighted by molar-refractivity contribution is -0.120. The van der Waals surface area contributed by atoms with E-state index in [0.29, 0.717) is 6.42 Å². The van der Waals surface area contributed by atoms with E-state index in [0.717, 1.165) is 22.6 Å². The summed E-state index contributed by atoms with van der Waals surface area (Å²) in [6, 6.07) is 14.2. The fourth-order valence-corrected chi connectivity index (χ4v) is 3.07. The van der Waals surface area contributed by atoms with Crippen molar-refractivity contribution in [1.82, 2.24) is 4.72 Å². The number of amides is 1. The molecule has 0 saturated heterocycles. The molecule has 0 aromatic heterocycles. The Balaban J connectivity index is 1.79. The maximum absolute atomic E-state index is 11.8. The Labute approximate surface area is 117 Å². The van der Waals surface area contributed by atoms with Gasteiger partial charge in [-0.25, -0.2) is 8.42 Å². The second-order valence-electron chi connectivity index (χ2n) is 5.29. The number of fused-ring (bicyclic) bond motifs is 1. The second kappa shape index (κ2) is 4.59. The van der Waals surface area contributed by atoms with Gasteiger partial charge in [0.15, 0.2) is 0 Å². The molecule has 1 N–H and O–H groups in total. The standard InChI is InChI=1S/C15H15NO3S/c1-20(18,19)16-15(17)14-9-13(14)12-7-6-10-4-2-3-5-11(10)8-12/h2-8,13-14H,9H2,1H3,(H,16,17)/t13-,14+/m0/s1. The lowest BCUT2D eigenvalue weighted by atomic mass is 10.0. The SMILES string of the molecule is CS(=O)(=O)NC(=O)[C@@H]1C[C@H]1c1ccc2ccccc2c1. The number of benzene rings is 2. The van der Waals surface area contributed by atoms with Crippen LogP contribution in [0.4, 0.5) is 0 Å². The van der Waals surface area contributed by atoms with Gasteiger partial charge >= 0.3 is 0 Å². The van der Waals surface area contributed by atoms with Gasteiger partial charge in [-0.1, -0.05) is 42.5 Å². The van der Waals surface area contributed by atoms with E-state index in [1.165, 1.54) is 0 Å². The number of nitrogens with one attached hydrogen (secondary N) is 1. The Morgan fingerprint density at radius 3 is 2.55 bits per heavy atom. The molecular formula is C15H15NO3S. The van der Waals surface area contributed by atoms with Gasteiger partial charge in [0.05, 0.1) is 6.26 Å². The van der Waals surface area contributed by atoms with Crippen LogP contribution in [0.2, 0.25) is 0 Å². The topological polar surface area (TPSA) is 63.2 Å². The van der Waals surface area contributed by atoms with Gasteiger partial charge in [0.1, 0.15) is 0 Å². The first-order valence-electron chi connectivity index (χ1n) is 6.44. The average molecular weight is 289 g/mol. The van der Waals surface area contributed by atoms with Crippen molar-refractivity contribution < 1.29 is 13.2 Å². The summed E-state index contributed by atoms with van der Waals surface area (Å²) in [5.74, 6) is -0.502. The predicted molar refractivity (Wildman–Crippen MR) is 77.8 cm³/mol. The van der Waals surface area contributed by atoms with Crippen molar-refractivity contribution in [3.05, 3.63) is 48.0 Å². The average Bonchev–Trinajstić information content (AvgIpc) is 3.16. The summed E-state index contributed by atoms with van der Waals surface area (Å²) in [4.78, 5) is 11.8. The molecule has 1 saturated carbocycles. The molecule has 2 aromatic rings. The Hall–Kier alpha value is -1.88. The molecule has 20 heavy (non-hydrogen) atoms. The Morgan fingerprint density at radius 2 is 1.85 bits per heavy atom. The van der Waals surface area contributed by atoms with Crippen molar-refractivity contribution in [2.24, 2.45) is 5.92 Å². The first kappa shape index (κ1) is 13.1. The summed E-state index contributed by atoms with van der Waals surface area (Å²) < 4.78 is 24.2. The van der Waals surface area contributed by atoms with Crippen molar-refractivity contribution in [2.75, 3.05) is 6.26 Å². The molecule has 1 aliphatic carbocycles. The van der Waals surface area contributed by atoms with Gasteiger partial charge in [0.2, 0.25) is 15.9 Å². The van der Waals surface area contributed by atoms with Crippen molar-refractivity contribution in [2.45, 2.75) is 12.3 Å². The molecule has 2 atom stereocenters. The van der Waals surface area contributed by atoms with E-state index in [1.54, 1.807) is 0 Å². The zero-order valence-electron chi connectivity index (χ0n) is 11.0. The molecule has 0 bridgehead atoms. The number of hydrogen-bond donors (Lipinski definition) is 1. The third-order valence-corrected chi connectivity index (χ3v) is 4.19. The summed E-state index contributed by atoms with van der Waals surface area (Å²) in [6.07, 6.45) is 1.71. The maximum Gasteiger partial charge on any atom is 0.237 e. The van der Waals surface area contributed by atoms with Crippen LogP contribution in [0.5, 0.6) is 0 Å². The van der Waals surface area contributed by atoms with Crippen LogP contribution in [0.25, 0.3) is 10.8 Å². The largest absolute Gasteiger partial charge is 0.274 e. The van der Waals surface area contributed by atoms with Crippen LogP contribution in [0, 0.1) is 5.92 Å². The molecule has 2 aromatic carbocycles. The molecule has 5 heteroatoms. The molecule has 0 spiro atoms. The molecule has 0 unspecified atom stereocenters. The van der Waals surface area contributed by atoms with Gasteiger partial charge in [-0.2, -0.15) is 0 Å². The second-order valence-corrected chi connectivity index (χ2v) is 7.04. The highest BCUT2D eigenvalue weighted by Gasteiger charge is 2.44. The fraction of sp³-hybridized carbons (Fsp3) is 0.267. The zero-order valence-corrected chi connectivity index (χ0v) is 11.9. The minimum Gasteiger partial charge on any atom is -0.274 e. The highest BCUT2D eigenvalue weighted by molar-refractivity contribution is 7.89. The molecule has 0 heterocycles. The Morgan fingerprint density at radius 1 is 1.15 bits per heavy atom. The van der Waals surface area contributed by atoms with Gasteiger partial charge in [-0.15, -0.1) is 0 Å². The maximum atomic E-state index is 11.8. The molecule has 1 aliphatic rings. The normalized spacial score (nSPS) is 21.6. The van der Waals surface area contributed by atoms with Gasteiger partial charge in [-0.3, -0.25) is 9.52 Å². The molecular weight excluding hydrogens is 274 g/mol.